The highest BCUT2D eigenvalue weighted by Gasteiger charge is 2.17. The number of hydrogen-bond acceptors (Lipinski definition) is 4. The molecule has 1 N–H and O–H groups in total. The standard InChI is InChI=1S/C12H14O5/c1-15-9-6-4-8(5-7-9)10(16-2)11(17-3)12(13)14/h4-7H,1-3H3,(H,13,14). The zero-order valence-electron chi connectivity index (χ0n) is 9.89. The van der Waals surface area contributed by atoms with Gasteiger partial charge in [0.2, 0.25) is 5.76 Å². The Morgan fingerprint density at radius 3 is 2.00 bits per heavy atom. The summed E-state index contributed by atoms with van der Waals surface area (Å²) in [5.74, 6) is -0.570. The van der Waals surface area contributed by atoms with E-state index in [4.69, 9.17) is 19.3 Å². The van der Waals surface area contributed by atoms with Crippen LogP contribution >= 0.6 is 0 Å². The van der Waals surface area contributed by atoms with E-state index in [1.54, 1.807) is 31.4 Å². The van der Waals surface area contributed by atoms with Crippen molar-refractivity contribution in [2.24, 2.45) is 0 Å². The molecule has 0 fully saturated rings. The van der Waals surface area contributed by atoms with Gasteiger partial charge in [0, 0.05) is 5.56 Å². The number of ether oxygens (including phenoxy) is 3. The summed E-state index contributed by atoms with van der Waals surface area (Å²) in [5, 5.41) is 8.95. The van der Waals surface area contributed by atoms with Gasteiger partial charge in [-0.1, -0.05) is 0 Å². The molecule has 0 spiro atoms. The summed E-state index contributed by atoms with van der Waals surface area (Å²) >= 11 is 0. The van der Waals surface area contributed by atoms with E-state index in [0.717, 1.165) is 0 Å². The lowest BCUT2D eigenvalue weighted by Gasteiger charge is -2.10. The van der Waals surface area contributed by atoms with Crippen molar-refractivity contribution < 1.29 is 24.1 Å². The van der Waals surface area contributed by atoms with E-state index < -0.39 is 5.97 Å². The first kappa shape index (κ1) is 12.9. The van der Waals surface area contributed by atoms with Crippen LogP contribution in [0.1, 0.15) is 5.56 Å². The van der Waals surface area contributed by atoms with Crippen molar-refractivity contribution in [3.05, 3.63) is 35.6 Å². The fourth-order valence-corrected chi connectivity index (χ4v) is 1.36. The molecule has 0 saturated heterocycles. The summed E-state index contributed by atoms with van der Waals surface area (Å²) < 4.78 is 14.9. The molecular weight excluding hydrogens is 224 g/mol. The molecular formula is C12H14O5. The summed E-state index contributed by atoms with van der Waals surface area (Å²) in [6.45, 7) is 0. The maximum absolute atomic E-state index is 10.9. The SMILES string of the molecule is COC(C(=O)O)=C(OC)c1ccc(OC)cc1. The third-order valence-electron chi connectivity index (χ3n) is 2.16. The molecule has 5 heteroatoms. The van der Waals surface area contributed by atoms with Gasteiger partial charge < -0.3 is 19.3 Å². The minimum absolute atomic E-state index is 0.169. The second-order valence-corrected chi connectivity index (χ2v) is 3.10. The average Bonchev–Trinajstić information content (AvgIpc) is 2.35. The summed E-state index contributed by atoms with van der Waals surface area (Å²) in [6, 6.07) is 6.81. The van der Waals surface area contributed by atoms with Crippen molar-refractivity contribution in [3.8, 4) is 5.75 Å². The lowest BCUT2D eigenvalue weighted by atomic mass is 10.1. The van der Waals surface area contributed by atoms with Gasteiger partial charge in [-0.05, 0) is 24.3 Å². The summed E-state index contributed by atoms with van der Waals surface area (Å²) in [6.07, 6.45) is 0. The molecule has 17 heavy (non-hydrogen) atoms. The van der Waals surface area contributed by atoms with Crippen LogP contribution in [0.3, 0.4) is 0 Å². The molecule has 1 aromatic carbocycles. The highest BCUT2D eigenvalue weighted by atomic mass is 16.5. The molecule has 1 aromatic rings. The zero-order chi connectivity index (χ0) is 12.8. The molecule has 0 unspecified atom stereocenters. The van der Waals surface area contributed by atoms with E-state index in [9.17, 15) is 4.79 Å². The molecule has 5 nitrogen and oxygen atoms in total. The van der Waals surface area contributed by atoms with Crippen molar-refractivity contribution >= 4 is 11.7 Å². The second-order valence-electron chi connectivity index (χ2n) is 3.10. The fourth-order valence-electron chi connectivity index (χ4n) is 1.36. The third-order valence-corrected chi connectivity index (χ3v) is 2.16. The van der Waals surface area contributed by atoms with Gasteiger partial charge in [0.15, 0.2) is 5.76 Å². The van der Waals surface area contributed by atoms with Crippen LogP contribution in [0.25, 0.3) is 5.76 Å². The Morgan fingerprint density at radius 2 is 1.65 bits per heavy atom. The van der Waals surface area contributed by atoms with Gasteiger partial charge >= 0.3 is 5.97 Å². The minimum Gasteiger partial charge on any atom is -0.497 e. The summed E-state index contributed by atoms with van der Waals surface area (Å²) in [7, 11) is 4.23. The van der Waals surface area contributed by atoms with Crippen LogP contribution in [0.4, 0.5) is 0 Å². The number of carboxylic acids is 1. The molecule has 0 radical (unpaired) electrons. The molecule has 0 atom stereocenters. The summed E-state index contributed by atoms with van der Waals surface area (Å²) in [5.41, 5.74) is 0.604. The van der Waals surface area contributed by atoms with Gasteiger partial charge in [-0.15, -0.1) is 0 Å². The van der Waals surface area contributed by atoms with Gasteiger partial charge in [0.05, 0.1) is 21.3 Å². The van der Waals surface area contributed by atoms with Gasteiger partial charge in [-0.2, -0.15) is 0 Å². The Kier molecular flexibility index (Phi) is 4.39. The Hall–Kier alpha value is -2.17. The largest absolute Gasteiger partial charge is 0.497 e. The van der Waals surface area contributed by atoms with Gasteiger partial charge in [0.1, 0.15) is 5.75 Å². The van der Waals surface area contributed by atoms with Crippen LogP contribution in [-0.2, 0) is 14.3 Å². The van der Waals surface area contributed by atoms with E-state index in [1.165, 1.54) is 14.2 Å². The number of carboxylic acid groups (broad SMARTS) is 1. The van der Waals surface area contributed by atoms with Gasteiger partial charge in [-0.25, -0.2) is 4.79 Å². The lowest BCUT2D eigenvalue weighted by molar-refractivity contribution is -0.136. The molecule has 0 aliphatic carbocycles. The van der Waals surface area contributed by atoms with E-state index >= 15 is 0 Å². The smallest absolute Gasteiger partial charge is 0.375 e. The van der Waals surface area contributed by atoms with E-state index in [1.807, 2.05) is 0 Å². The van der Waals surface area contributed by atoms with Crippen LogP contribution < -0.4 is 4.74 Å². The van der Waals surface area contributed by atoms with Crippen LogP contribution in [0.2, 0.25) is 0 Å². The zero-order valence-corrected chi connectivity index (χ0v) is 9.89. The summed E-state index contributed by atoms with van der Waals surface area (Å²) in [4.78, 5) is 10.9. The molecule has 0 heterocycles. The first-order chi connectivity index (χ1) is 8.13. The predicted molar refractivity (Wildman–Crippen MR) is 61.6 cm³/mol. The molecule has 0 saturated carbocycles. The quantitative estimate of drug-likeness (QED) is 0.625. The van der Waals surface area contributed by atoms with Crippen molar-refractivity contribution in [1.29, 1.82) is 0 Å². The first-order valence-electron chi connectivity index (χ1n) is 4.84. The molecule has 0 aromatic heterocycles. The Labute approximate surface area is 99.2 Å². The topological polar surface area (TPSA) is 65.0 Å². The van der Waals surface area contributed by atoms with E-state index in [2.05, 4.69) is 0 Å². The predicted octanol–water partition coefficient (Wildman–Crippen LogP) is 1.74. The van der Waals surface area contributed by atoms with Gasteiger partial charge in [0.25, 0.3) is 0 Å². The number of hydrogen-bond donors (Lipinski definition) is 1. The van der Waals surface area contributed by atoms with Crippen molar-refractivity contribution in [3.63, 3.8) is 0 Å². The van der Waals surface area contributed by atoms with Crippen molar-refractivity contribution in [2.45, 2.75) is 0 Å². The third kappa shape index (κ3) is 2.90. The maximum atomic E-state index is 10.9. The normalized spacial score (nSPS) is 11.5. The number of rotatable bonds is 5. The number of carbonyl (C=O) groups is 1. The Balaban J connectivity index is 3.20. The second kappa shape index (κ2) is 5.79. The van der Waals surface area contributed by atoms with Crippen LogP contribution in [0, 0.1) is 0 Å². The first-order valence-corrected chi connectivity index (χ1v) is 4.84. The average molecular weight is 238 g/mol. The van der Waals surface area contributed by atoms with Crippen molar-refractivity contribution in [1.82, 2.24) is 0 Å². The molecule has 92 valence electrons. The highest BCUT2D eigenvalue weighted by molar-refractivity contribution is 5.92. The number of aliphatic carboxylic acids is 1. The van der Waals surface area contributed by atoms with Crippen molar-refractivity contribution in [2.75, 3.05) is 21.3 Å². The highest BCUT2D eigenvalue weighted by Crippen LogP contribution is 2.22. The fraction of sp³-hybridized carbons (Fsp3) is 0.250. The minimum atomic E-state index is -1.18. The van der Waals surface area contributed by atoms with Crippen LogP contribution in [-0.4, -0.2) is 32.4 Å². The monoisotopic (exact) mass is 238 g/mol. The van der Waals surface area contributed by atoms with Crippen LogP contribution in [0.15, 0.2) is 30.0 Å². The molecule has 0 aliphatic rings. The molecule has 0 bridgehead atoms. The van der Waals surface area contributed by atoms with Crippen LogP contribution in [0.5, 0.6) is 5.75 Å². The number of benzene rings is 1. The molecule has 0 amide bonds. The molecule has 1 rings (SSSR count). The van der Waals surface area contributed by atoms with Gasteiger partial charge in [-0.3, -0.25) is 0 Å². The number of methoxy groups -OCH3 is 3. The Bertz CT molecular complexity index is 419. The van der Waals surface area contributed by atoms with E-state index in [0.29, 0.717) is 11.3 Å². The Morgan fingerprint density at radius 1 is 1.06 bits per heavy atom. The lowest BCUT2D eigenvalue weighted by Crippen LogP contribution is -2.07. The van der Waals surface area contributed by atoms with E-state index in [-0.39, 0.29) is 11.5 Å². The molecule has 0 aliphatic heterocycles. The maximum Gasteiger partial charge on any atom is 0.375 e.